The number of aromatic nitrogens is 6. The van der Waals surface area contributed by atoms with E-state index in [1.807, 2.05) is 0 Å². The van der Waals surface area contributed by atoms with Crippen molar-refractivity contribution in [1.82, 2.24) is 29.9 Å². The Kier molecular flexibility index (Phi) is 7.48. The van der Waals surface area contributed by atoms with Crippen molar-refractivity contribution in [3.63, 3.8) is 0 Å². The summed E-state index contributed by atoms with van der Waals surface area (Å²) in [7, 11) is 0. The summed E-state index contributed by atoms with van der Waals surface area (Å²) in [6.45, 7) is 0. The number of hydrogen-bond acceptors (Lipinski definition) is 6. The molecule has 0 amide bonds. The molecular weight excluding hydrogens is 786 g/mol. The zero-order chi connectivity index (χ0) is 39.9. The highest BCUT2D eigenvalue weighted by molar-refractivity contribution is 6.21. The van der Waals surface area contributed by atoms with E-state index in [0.717, 1.165) is 0 Å². The Morgan fingerprint density at radius 2 is 0.333 bits per heavy atom. The molecule has 0 saturated carbocycles. The average Bonchev–Trinajstić information content (AvgIpc) is 3.01. The third-order valence-corrected chi connectivity index (χ3v) is 7.92. The fourth-order valence-corrected chi connectivity index (χ4v) is 5.71. The van der Waals surface area contributed by atoms with Crippen LogP contribution in [0.3, 0.4) is 0 Å². The topological polar surface area (TPSA) is 77.3 Å². The van der Waals surface area contributed by atoms with Crippen LogP contribution in [0, 0.1) is 0 Å². The smallest absolute Gasteiger partial charge is 0.242 e. The van der Waals surface area contributed by atoms with E-state index in [1.165, 1.54) is 0 Å². The standard InChI is InChI=1S/C30H6F18N6/c31-25(32,33)7-1-13-14(2-8(7)26(34,35)36)50-20-19(49-13)21-23(53-16-4-10(28(40,41)42)9(27(37,38)39)3-15(16)51-21)24-22(20)52-17-5-11(29(43,44)45)12(30(46,47)48)6-18(17)54-24/h1-6H. The molecule has 0 atom stereocenters. The Bertz CT molecular complexity index is 2230. The number of alkyl halides is 18. The van der Waals surface area contributed by atoms with Crippen LogP contribution in [0.2, 0.25) is 0 Å². The predicted octanol–water partition coefficient (Wildman–Crippen LogP) is 11.1. The molecule has 7 rings (SSSR count). The summed E-state index contributed by atoms with van der Waals surface area (Å²) in [5.41, 5.74) is -24.6. The van der Waals surface area contributed by atoms with Crippen LogP contribution in [0.5, 0.6) is 0 Å². The van der Waals surface area contributed by atoms with Gasteiger partial charge in [0.05, 0.1) is 66.5 Å². The van der Waals surface area contributed by atoms with Crippen LogP contribution in [0.4, 0.5) is 79.0 Å². The summed E-state index contributed by atoms with van der Waals surface area (Å²) in [4.78, 5) is 23.0. The maximum atomic E-state index is 13.8. The molecule has 0 aliphatic carbocycles. The van der Waals surface area contributed by atoms with Crippen molar-refractivity contribution < 1.29 is 79.0 Å². The largest absolute Gasteiger partial charge is 0.417 e. The zero-order valence-corrected chi connectivity index (χ0v) is 25.0. The molecule has 3 aromatic heterocycles. The Labute approximate surface area is 282 Å². The lowest BCUT2D eigenvalue weighted by molar-refractivity contribution is -0.161. The van der Waals surface area contributed by atoms with Gasteiger partial charge in [-0.15, -0.1) is 0 Å². The normalized spacial score (nSPS) is 14.1. The van der Waals surface area contributed by atoms with E-state index in [9.17, 15) is 79.0 Å². The monoisotopic (exact) mass is 792 g/mol. The summed E-state index contributed by atoms with van der Waals surface area (Å²) in [6, 6.07) is -0.626. The van der Waals surface area contributed by atoms with E-state index in [-0.39, 0.29) is 36.4 Å². The molecule has 0 aliphatic heterocycles. The Morgan fingerprint density at radius 1 is 0.222 bits per heavy atom. The molecule has 0 saturated heterocycles. The highest BCUT2D eigenvalue weighted by Gasteiger charge is 2.46. The van der Waals surface area contributed by atoms with Gasteiger partial charge in [-0.1, -0.05) is 0 Å². The summed E-state index contributed by atoms with van der Waals surface area (Å²) in [6.07, 6.45) is -34.0. The summed E-state index contributed by atoms with van der Waals surface area (Å²) in [5, 5.41) is 0. The molecule has 0 N–H and O–H groups in total. The second-order valence-electron chi connectivity index (χ2n) is 11.4. The van der Waals surface area contributed by atoms with E-state index >= 15 is 0 Å². The minimum Gasteiger partial charge on any atom is -0.242 e. The first-order chi connectivity index (χ1) is 24.5. The Balaban J connectivity index is 1.72. The molecule has 3 heterocycles. The zero-order valence-electron chi connectivity index (χ0n) is 25.0. The van der Waals surface area contributed by atoms with Gasteiger partial charge in [0.2, 0.25) is 0 Å². The summed E-state index contributed by atoms with van der Waals surface area (Å²) in [5.74, 6) is 0. The fourth-order valence-electron chi connectivity index (χ4n) is 5.71. The summed E-state index contributed by atoms with van der Waals surface area (Å²) >= 11 is 0. The Hall–Kier alpha value is -5.58. The molecule has 6 nitrogen and oxygen atoms in total. The number of hydrogen-bond donors (Lipinski definition) is 0. The van der Waals surface area contributed by atoms with Crippen LogP contribution < -0.4 is 0 Å². The molecule has 24 heteroatoms. The van der Waals surface area contributed by atoms with Gasteiger partial charge in [0.1, 0.15) is 33.1 Å². The highest BCUT2D eigenvalue weighted by atomic mass is 19.4. The van der Waals surface area contributed by atoms with E-state index in [0.29, 0.717) is 0 Å². The molecule has 0 fully saturated rings. The first-order valence-electron chi connectivity index (χ1n) is 14.0. The average molecular weight is 792 g/mol. The highest BCUT2D eigenvalue weighted by Crippen LogP contribution is 2.46. The molecule has 282 valence electrons. The molecule has 0 radical (unpaired) electrons. The molecule has 7 aromatic rings. The lowest BCUT2D eigenvalue weighted by Gasteiger charge is -2.18. The Morgan fingerprint density at radius 3 is 0.426 bits per heavy atom. The van der Waals surface area contributed by atoms with Gasteiger partial charge in [-0.25, -0.2) is 29.9 Å². The van der Waals surface area contributed by atoms with E-state index in [4.69, 9.17) is 0 Å². The molecule has 54 heavy (non-hydrogen) atoms. The lowest BCUT2D eigenvalue weighted by atomic mass is 10.0. The number of rotatable bonds is 0. The van der Waals surface area contributed by atoms with Gasteiger partial charge in [0, 0.05) is 0 Å². The number of halogens is 18. The van der Waals surface area contributed by atoms with Gasteiger partial charge >= 0.3 is 37.1 Å². The van der Waals surface area contributed by atoms with Crippen LogP contribution in [0.1, 0.15) is 33.4 Å². The number of benzene rings is 4. The van der Waals surface area contributed by atoms with Crippen LogP contribution in [0.15, 0.2) is 36.4 Å². The van der Waals surface area contributed by atoms with Gasteiger partial charge in [0.15, 0.2) is 0 Å². The van der Waals surface area contributed by atoms with Crippen LogP contribution in [-0.4, -0.2) is 29.9 Å². The second-order valence-corrected chi connectivity index (χ2v) is 11.4. The van der Waals surface area contributed by atoms with E-state index < -0.39 is 137 Å². The van der Waals surface area contributed by atoms with E-state index in [2.05, 4.69) is 29.9 Å². The molecule has 0 unspecified atom stereocenters. The van der Waals surface area contributed by atoms with Crippen molar-refractivity contribution in [3.8, 4) is 0 Å². The van der Waals surface area contributed by atoms with Gasteiger partial charge in [0.25, 0.3) is 0 Å². The summed E-state index contributed by atoms with van der Waals surface area (Å²) < 4.78 is 248. The fraction of sp³-hybridized carbons (Fsp3) is 0.200. The third-order valence-electron chi connectivity index (χ3n) is 7.92. The molecule has 0 bridgehead atoms. The van der Waals surface area contributed by atoms with Crippen molar-refractivity contribution in [2.75, 3.05) is 0 Å². The predicted molar refractivity (Wildman–Crippen MR) is 148 cm³/mol. The number of fused-ring (bicyclic) bond motifs is 9. The lowest BCUT2D eigenvalue weighted by Crippen LogP contribution is -2.17. The quantitative estimate of drug-likeness (QED) is 0.0865. The third kappa shape index (κ3) is 5.99. The first-order valence-corrected chi connectivity index (χ1v) is 14.0. The minimum atomic E-state index is -5.67. The van der Waals surface area contributed by atoms with Gasteiger partial charge in [-0.3, -0.25) is 0 Å². The van der Waals surface area contributed by atoms with Gasteiger partial charge in [-0.2, -0.15) is 79.0 Å². The molecular formula is C30H6F18N6. The first kappa shape index (κ1) is 36.8. The maximum Gasteiger partial charge on any atom is 0.417 e. The van der Waals surface area contributed by atoms with Crippen LogP contribution >= 0.6 is 0 Å². The maximum absolute atomic E-state index is 13.8. The molecule has 4 aromatic carbocycles. The molecule has 0 aliphatic rings. The van der Waals surface area contributed by atoms with Gasteiger partial charge < -0.3 is 0 Å². The van der Waals surface area contributed by atoms with Gasteiger partial charge in [-0.05, 0) is 36.4 Å². The molecule has 0 spiro atoms. The van der Waals surface area contributed by atoms with Crippen molar-refractivity contribution >= 4 is 66.2 Å². The van der Waals surface area contributed by atoms with Crippen molar-refractivity contribution in [3.05, 3.63) is 69.8 Å². The van der Waals surface area contributed by atoms with Crippen LogP contribution in [-0.2, 0) is 37.1 Å². The van der Waals surface area contributed by atoms with Crippen LogP contribution in [0.25, 0.3) is 66.2 Å². The number of nitrogens with zero attached hydrogens (tertiary/aromatic N) is 6. The van der Waals surface area contributed by atoms with Crippen molar-refractivity contribution in [1.29, 1.82) is 0 Å². The van der Waals surface area contributed by atoms with E-state index in [1.54, 1.807) is 0 Å². The van der Waals surface area contributed by atoms with Crippen molar-refractivity contribution in [2.45, 2.75) is 37.1 Å². The minimum absolute atomic E-state index is 0.104. The second kappa shape index (κ2) is 11.0. The van der Waals surface area contributed by atoms with Crippen molar-refractivity contribution in [2.24, 2.45) is 0 Å². The SMILES string of the molecule is FC(F)(F)c1cc2nc3c4nc5cc(C(F)(F)F)c(C(F)(F)F)cc5nc4c4nc5cc(C(F)(F)F)c(C(F)(F)F)cc5nc4c3nc2cc1C(F)(F)F.